The Bertz CT molecular complexity index is 229. The Kier molecular flexibility index (Phi) is 1.77. The molecule has 0 unspecified atom stereocenters. The second-order valence-electron chi connectivity index (χ2n) is 2.17. The van der Waals surface area contributed by atoms with Crippen molar-refractivity contribution in [2.24, 2.45) is 0 Å². The number of hydrogen-bond acceptors (Lipinski definition) is 2. The van der Waals surface area contributed by atoms with Crippen molar-refractivity contribution < 1.29 is 9.59 Å². The van der Waals surface area contributed by atoms with Gasteiger partial charge < -0.3 is 0 Å². The largest absolute Gasteiger partial charge is 0.226 e. The summed E-state index contributed by atoms with van der Waals surface area (Å²) in [6.45, 7) is 0. The van der Waals surface area contributed by atoms with Crippen LogP contribution in [0.25, 0.3) is 0 Å². The number of rotatable bonds is 0. The zero-order valence-corrected chi connectivity index (χ0v) is 5.87. The molecule has 1 aliphatic rings. The fourth-order valence-corrected chi connectivity index (χ4v) is 2.95. The molecular formula is C6H8O2S. The second kappa shape index (κ2) is 2.40. The van der Waals surface area contributed by atoms with E-state index in [9.17, 15) is 9.59 Å². The lowest BCUT2D eigenvalue weighted by Crippen LogP contribution is -1.79. The quantitative estimate of drug-likeness (QED) is 0.469. The van der Waals surface area contributed by atoms with E-state index in [0.29, 0.717) is 0 Å². The summed E-state index contributed by atoms with van der Waals surface area (Å²) in [4.78, 5) is 20.4. The highest BCUT2D eigenvalue weighted by molar-refractivity contribution is 8.28. The minimum Gasteiger partial charge on any atom is -0.226 e. The number of hydrogen-bond donors (Lipinski definition) is 0. The van der Waals surface area contributed by atoms with Crippen molar-refractivity contribution in [2.45, 2.75) is 12.8 Å². The molecule has 1 heterocycles. The fourth-order valence-electron chi connectivity index (χ4n) is 0.983. The zero-order chi connectivity index (χ0) is 6.74. The standard InChI is InChI=1S/C6H8O2S/c7-5-9(6-8)3-1-2-4-9/h1-4H2. The summed E-state index contributed by atoms with van der Waals surface area (Å²) in [6.07, 6.45) is 2.00. The van der Waals surface area contributed by atoms with Gasteiger partial charge in [-0.2, -0.15) is 0 Å². The van der Waals surface area contributed by atoms with Crippen LogP contribution in [0.2, 0.25) is 0 Å². The smallest absolute Gasteiger partial charge is 0.160 e. The third kappa shape index (κ3) is 1.08. The maximum Gasteiger partial charge on any atom is 0.160 e. The Labute approximate surface area is 54.3 Å². The van der Waals surface area contributed by atoms with Gasteiger partial charge in [0.05, 0.1) is 0 Å². The normalized spacial score (nSPS) is 22.7. The molecule has 0 spiro atoms. The minimum atomic E-state index is -1.65. The van der Waals surface area contributed by atoms with E-state index < -0.39 is 9.21 Å². The third-order valence-electron chi connectivity index (χ3n) is 1.55. The highest BCUT2D eigenvalue weighted by Crippen LogP contribution is 2.30. The van der Waals surface area contributed by atoms with Crippen LogP contribution in [-0.4, -0.2) is 22.0 Å². The van der Waals surface area contributed by atoms with Crippen LogP contribution >= 0.6 is 9.21 Å². The molecule has 50 valence electrons. The lowest BCUT2D eigenvalue weighted by atomic mass is 10.4. The van der Waals surface area contributed by atoms with Gasteiger partial charge in [0.15, 0.2) is 10.5 Å². The molecule has 0 aromatic rings. The first-order valence-electron chi connectivity index (χ1n) is 2.89. The first-order valence-corrected chi connectivity index (χ1v) is 4.87. The lowest BCUT2D eigenvalue weighted by Gasteiger charge is -1.90. The zero-order valence-electron chi connectivity index (χ0n) is 5.05. The van der Waals surface area contributed by atoms with Gasteiger partial charge in [-0.25, -0.2) is 9.59 Å². The van der Waals surface area contributed by atoms with E-state index in [1.807, 2.05) is 10.5 Å². The van der Waals surface area contributed by atoms with Crippen molar-refractivity contribution in [3.63, 3.8) is 0 Å². The Morgan fingerprint density at radius 3 is 1.67 bits per heavy atom. The van der Waals surface area contributed by atoms with Crippen LogP contribution in [0.3, 0.4) is 0 Å². The maximum atomic E-state index is 10.2. The molecular weight excluding hydrogens is 136 g/mol. The van der Waals surface area contributed by atoms with Crippen molar-refractivity contribution in [1.29, 1.82) is 0 Å². The van der Waals surface area contributed by atoms with E-state index in [0.717, 1.165) is 24.3 Å². The van der Waals surface area contributed by atoms with E-state index in [2.05, 4.69) is 0 Å². The molecule has 0 bridgehead atoms. The first-order chi connectivity index (χ1) is 4.33. The highest BCUT2D eigenvalue weighted by Gasteiger charge is 2.12. The van der Waals surface area contributed by atoms with Gasteiger partial charge in [-0.3, -0.25) is 0 Å². The van der Waals surface area contributed by atoms with Gasteiger partial charge in [0, 0.05) is 11.5 Å². The van der Waals surface area contributed by atoms with Crippen LogP contribution in [-0.2, 0) is 9.59 Å². The van der Waals surface area contributed by atoms with Gasteiger partial charge in [-0.05, 0) is 12.8 Å². The molecule has 0 N–H and O–H groups in total. The summed E-state index contributed by atoms with van der Waals surface area (Å²) in [5, 5.41) is 3.67. The van der Waals surface area contributed by atoms with Crippen molar-refractivity contribution >= 4 is 19.7 Å². The molecule has 9 heavy (non-hydrogen) atoms. The van der Waals surface area contributed by atoms with Gasteiger partial charge in [-0.1, -0.05) is 9.21 Å². The average molecular weight is 144 g/mol. The molecule has 0 aromatic carbocycles. The molecule has 3 heteroatoms. The maximum absolute atomic E-state index is 10.2. The molecule has 1 rings (SSSR count). The SMILES string of the molecule is O=C=S1(=C=O)CCCC1. The topological polar surface area (TPSA) is 34.1 Å². The van der Waals surface area contributed by atoms with E-state index in [4.69, 9.17) is 0 Å². The van der Waals surface area contributed by atoms with Gasteiger partial charge >= 0.3 is 0 Å². The Morgan fingerprint density at radius 2 is 1.44 bits per heavy atom. The van der Waals surface area contributed by atoms with Crippen molar-refractivity contribution in [1.82, 2.24) is 0 Å². The summed E-state index contributed by atoms with van der Waals surface area (Å²) < 4.78 is 0. The summed E-state index contributed by atoms with van der Waals surface area (Å²) in [6, 6.07) is 0. The monoisotopic (exact) mass is 144 g/mol. The van der Waals surface area contributed by atoms with Gasteiger partial charge in [0.2, 0.25) is 0 Å². The molecule has 0 aliphatic carbocycles. The van der Waals surface area contributed by atoms with E-state index in [1.165, 1.54) is 0 Å². The molecule has 0 aromatic heterocycles. The first kappa shape index (κ1) is 6.63. The van der Waals surface area contributed by atoms with Gasteiger partial charge in [0.1, 0.15) is 0 Å². The van der Waals surface area contributed by atoms with Crippen molar-refractivity contribution in [2.75, 3.05) is 11.5 Å². The molecule has 2 nitrogen and oxygen atoms in total. The van der Waals surface area contributed by atoms with Crippen molar-refractivity contribution in [3.8, 4) is 0 Å². The minimum absolute atomic E-state index is 0.736. The van der Waals surface area contributed by atoms with Crippen LogP contribution in [0.15, 0.2) is 0 Å². The van der Waals surface area contributed by atoms with Crippen LogP contribution in [0.5, 0.6) is 0 Å². The van der Waals surface area contributed by atoms with Crippen LogP contribution in [0.4, 0.5) is 0 Å². The highest BCUT2D eigenvalue weighted by atomic mass is 32.2. The molecule has 0 amide bonds. The predicted octanol–water partition coefficient (Wildman–Crippen LogP) is 0.719. The van der Waals surface area contributed by atoms with E-state index in [-0.39, 0.29) is 0 Å². The van der Waals surface area contributed by atoms with Crippen LogP contribution in [0, 0.1) is 0 Å². The van der Waals surface area contributed by atoms with Gasteiger partial charge in [-0.15, -0.1) is 0 Å². The lowest BCUT2D eigenvalue weighted by molar-refractivity contribution is 0.570. The molecule has 0 saturated carbocycles. The van der Waals surface area contributed by atoms with E-state index >= 15 is 0 Å². The predicted molar refractivity (Wildman–Crippen MR) is 37.9 cm³/mol. The summed E-state index contributed by atoms with van der Waals surface area (Å²) in [7, 11) is -1.65. The summed E-state index contributed by atoms with van der Waals surface area (Å²) in [5.74, 6) is 1.47. The summed E-state index contributed by atoms with van der Waals surface area (Å²) in [5.41, 5.74) is 0. The molecule has 1 saturated heterocycles. The van der Waals surface area contributed by atoms with Crippen molar-refractivity contribution in [3.05, 3.63) is 0 Å². The number of carbonyl (C=O) groups excluding carboxylic acids is 2. The van der Waals surface area contributed by atoms with Gasteiger partial charge in [0.25, 0.3) is 0 Å². The molecule has 1 aliphatic heterocycles. The Hall–Kier alpha value is -0.490. The van der Waals surface area contributed by atoms with Crippen LogP contribution in [0.1, 0.15) is 12.8 Å². The van der Waals surface area contributed by atoms with E-state index in [1.54, 1.807) is 0 Å². The third-order valence-corrected chi connectivity index (χ3v) is 4.16. The second-order valence-corrected chi connectivity index (χ2v) is 5.08. The Morgan fingerprint density at radius 1 is 1.00 bits per heavy atom. The summed E-state index contributed by atoms with van der Waals surface area (Å²) >= 11 is 0. The molecule has 1 fully saturated rings. The van der Waals surface area contributed by atoms with Crippen LogP contribution < -0.4 is 0 Å². The fraction of sp³-hybridized carbons (Fsp3) is 0.667. The molecule has 0 radical (unpaired) electrons. The molecule has 0 atom stereocenters. The Balaban J connectivity index is 3.27. The average Bonchev–Trinajstić information content (AvgIpc) is 2.36.